The van der Waals surface area contributed by atoms with Crippen LogP contribution in [0.3, 0.4) is 0 Å². The Hall–Kier alpha value is -1.51. The van der Waals surface area contributed by atoms with Gasteiger partial charge >= 0.3 is 5.63 Å². The molecule has 0 amide bonds. The molecule has 0 spiro atoms. The van der Waals surface area contributed by atoms with Crippen molar-refractivity contribution in [1.82, 2.24) is 0 Å². The molecule has 11 atom stereocenters. The second-order valence-electron chi connectivity index (χ2n) is 13.1. The van der Waals surface area contributed by atoms with Gasteiger partial charge in [-0.25, -0.2) is 4.79 Å². The SMILES string of the molecule is C[C@H]1C(O)[C@@H](O[C@@H]2C=C3CCC4C(CC[C@]5(C)[C@@H](c6ccc(=O)oc6)CC[C@]45O)[C@@]3(C)CC2)OC[C@@H]1N. The number of aliphatic hydroxyl groups excluding tert-OH is 1. The molecule has 4 fully saturated rings. The van der Waals surface area contributed by atoms with E-state index in [0.717, 1.165) is 56.9 Å². The maximum Gasteiger partial charge on any atom is 0.335 e. The number of hydrogen-bond donors (Lipinski definition) is 3. The third kappa shape index (κ3) is 3.83. The summed E-state index contributed by atoms with van der Waals surface area (Å²) in [4.78, 5) is 11.5. The third-order valence-corrected chi connectivity index (χ3v) is 11.6. The monoisotopic (exact) mass is 513 g/mol. The van der Waals surface area contributed by atoms with Crippen LogP contribution in [-0.2, 0) is 9.47 Å². The van der Waals surface area contributed by atoms with Gasteiger partial charge in [-0.15, -0.1) is 0 Å². The molecule has 3 unspecified atom stereocenters. The average molecular weight is 514 g/mol. The molecule has 4 N–H and O–H groups in total. The van der Waals surface area contributed by atoms with Gasteiger partial charge in [-0.2, -0.15) is 0 Å². The summed E-state index contributed by atoms with van der Waals surface area (Å²) in [6, 6.07) is 3.23. The van der Waals surface area contributed by atoms with Crippen LogP contribution in [-0.4, -0.2) is 47.0 Å². The van der Waals surface area contributed by atoms with E-state index in [1.54, 1.807) is 6.26 Å². The van der Waals surface area contributed by atoms with Gasteiger partial charge in [0.25, 0.3) is 0 Å². The Kier molecular flexibility index (Phi) is 6.28. The summed E-state index contributed by atoms with van der Waals surface area (Å²) in [6.45, 7) is 7.03. The summed E-state index contributed by atoms with van der Waals surface area (Å²) < 4.78 is 17.3. The fourth-order valence-electron chi connectivity index (χ4n) is 9.12. The Balaban J connectivity index is 1.21. The number of hydrogen-bond acceptors (Lipinski definition) is 7. The average Bonchev–Trinajstić information content (AvgIpc) is 3.16. The van der Waals surface area contributed by atoms with Crippen molar-refractivity contribution >= 4 is 0 Å². The van der Waals surface area contributed by atoms with Crippen LogP contribution in [0.2, 0.25) is 0 Å². The molecule has 5 aliphatic rings. The highest BCUT2D eigenvalue weighted by molar-refractivity contribution is 5.31. The fourth-order valence-corrected chi connectivity index (χ4v) is 9.12. The zero-order valence-corrected chi connectivity index (χ0v) is 22.4. The van der Waals surface area contributed by atoms with Crippen LogP contribution < -0.4 is 11.4 Å². The maximum atomic E-state index is 12.4. The zero-order valence-electron chi connectivity index (χ0n) is 22.4. The van der Waals surface area contributed by atoms with Gasteiger partial charge in [0.15, 0.2) is 6.29 Å². The van der Waals surface area contributed by atoms with E-state index in [1.165, 1.54) is 11.6 Å². The topological polar surface area (TPSA) is 115 Å². The van der Waals surface area contributed by atoms with Gasteiger partial charge in [-0.1, -0.05) is 32.4 Å². The third-order valence-electron chi connectivity index (χ3n) is 11.6. The second kappa shape index (κ2) is 9.02. The first-order chi connectivity index (χ1) is 17.6. The molecule has 6 rings (SSSR count). The molecule has 37 heavy (non-hydrogen) atoms. The first-order valence-electron chi connectivity index (χ1n) is 14.3. The van der Waals surface area contributed by atoms with Crippen molar-refractivity contribution in [3.8, 4) is 0 Å². The molecule has 1 aromatic heterocycles. The van der Waals surface area contributed by atoms with Crippen LogP contribution in [0.1, 0.15) is 83.6 Å². The number of nitrogens with two attached hydrogens (primary N) is 1. The Bertz CT molecular complexity index is 1100. The van der Waals surface area contributed by atoms with E-state index in [-0.39, 0.29) is 46.4 Å². The van der Waals surface area contributed by atoms with Gasteiger partial charge in [0, 0.05) is 23.4 Å². The lowest BCUT2D eigenvalue weighted by Crippen LogP contribution is -2.60. The zero-order chi connectivity index (χ0) is 26.2. The molecule has 4 aliphatic carbocycles. The fraction of sp³-hybridized carbons (Fsp3) is 0.767. The van der Waals surface area contributed by atoms with E-state index in [9.17, 15) is 15.0 Å². The Morgan fingerprint density at radius 2 is 1.89 bits per heavy atom. The lowest BCUT2D eigenvalue weighted by Gasteiger charge is -2.62. The van der Waals surface area contributed by atoms with Crippen LogP contribution in [0.5, 0.6) is 0 Å². The quantitative estimate of drug-likeness (QED) is 0.526. The maximum absolute atomic E-state index is 12.4. The van der Waals surface area contributed by atoms with E-state index in [4.69, 9.17) is 19.6 Å². The van der Waals surface area contributed by atoms with Gasteiger partial charge in [0.05, 0.1) is 24.6 Å². The summed E-state index contributed by atoms with van der Waals surface area (Å²) >= 11 is 0. The number of allylic oxidation sites excluding steroid dienone is 1. The molecule has 3 saturated carbocycles. The highest BCUT2D eigenvalue weighted by Crippen LogP contribution is 2.70. The minimum Gasteiger partial charge on any atom is -0.431 e. The molecular formula is C30H43NO6. The van der Waals surface area contributed by atoms with Gasteiger partial charge in [-0.05, 0) is 86.2 Å². The molecule has 7 heteroatoms. The molecule has 1 aliphatic heterocycles. The largest absolute Gasteiger partial charge is 0.431 e. The van der Waals surface area contributed by atoms with Crippen LogP contribution >= 0.6 is 0 Å². The highest BCUT2D eigenvalue weighted by atomic mass is 16.7. The Morgan fingerprint density at radius 1 is 1.08 bits per heavy atom. The van der Waals surface area contributed by atoms with E-state index in [1.807, 2.05) is 13.0 Å². The molecular weight excluding hydrogens is 470 g/mol. The molecule has 204 valence electrons. The van der Waals surface area contributed by atoms with Gasteiger partial charge < -0.3 is 29.8 Å². The minimum absolute atomic E-state index is 0.0547. The number of fused-ring (bicyclic) bond motifs is 5. The lowest BCUT2D eigenvalue weighted by molar-refractivity contribution is -0.247. The van der Waals surface area contributed by atoms with Crippen molar-refractivity contribution in [2.45, 2.75) is 108 Å². The predicted molar refractivity (Wildman–Crippen MR) is 139 cm³/mol. The highest BCUT2D eigenvalue weighted by Gasteiger charge is 2.66. The van der Waals surface area contributed by atoms with Crippen LogP contribution in [0.25, 0.3) is 0 Å². The Labute approximate surface area is 219 Å². The van der Waals surface area contributed by atoms with Crippen molar-refractivity contribution in [3.05, 3.63) is 46.0 Å². The van der Waals surface area contributed by atoms with Gasteiger partial charge in [0.1, 0.15) is 6.10 Å². The molecule has 0 aromatic carbocycles. The molecule has 1 saturated heterocycles. The number of ether oxygens (including phenoxy) is 2. The first-order valence-corrected chi connectivity index (χ1v) is 14.3. The van der Waals surface area contributed by atoms with Gasteiger partial charge in [-0.3, -0.25) is 0 Å². The smallest absolute Gasteiger partial charge is 0.335 e. The van der Waals surface area contributed by atoms with E-state index >= 15 is 0 Å². The van der Waals surface area contributed by atoms with Crippen molar-refractivity contribution in [1.29, 1.82) is 0 Å². The van der Waals surface area contributed by atoms with Crippen molar-refractivity contribution in [2.24, 2.45) is 34.3 Å². The first kappa shape index (κ1) is 25.8. The summed E-state index contributed by atoms with van der Waals surface area (Å²) in [5.41, 5.74) is 7.33. The summed E-state index contributed by atoms with van der Waals surface area (Å²) in [7, 11) is 0. The lowest BCUT2D eigenvalue weighted by atomic mass is 9.45. The number of aliphatic hydroxyl groups is 2. The summed E-state index contributed by atoms with van der Waals surface area (Å²) in [5, 5.41) is 23.0. The van der Waals surface area contributed by atoms with Gasteiger partial charge in [0.2, 0.25) is 0 Å². The van der Waals surface area contributed by atoms with E-state index < -0.39 is 18.0 Å². The van der Waals surface area contributed by atoms with E-state index in [0.29, 0.717) is 12.5 Å². The van der Waals surface area contributed by atoms with Crippen molar-refractivity contribution in [2.75, 3.05) is 6.61 Å². The van der Waals surface area contributed by atoms with Crippen molar-refractivity contribution in [3.63, 3.8) is 0 Å². The molecule has 0 bridgehead atoms. The van der Waals surface area contributed by atoms with Crippen molar-refractivity contribution < 1.29 is 24.1 Å². The standard InChI is InChI=1S/C30H43NO6/c1-17-24(31)16-36-27(26(17)33)37-20-8-11-28(2)19(14-20)5-6-23-22(28)9-12-29(3)21(10-13-30(23,29)34)18-4-7-25(32)35-15-18/h4,7,14-15,17,20-24,26-27,33-34H,5-6,8-13,16,31H2,1-3H3/t17-,20+,21-,22?,23?,24+,26?,27-,28+,29-,30+/m1/s1. The second-order valence-corrected chi connectivity index (χ2v) is 13.1. The Morgan fingerprint density at radius 3 is 2.65 bits per heavy atom. The molecule has 7 nitrogen and oxygen atoms in total. The predicted octanol–water partition coefficient (Wildman–Crippen LogP) is 3.87. The molecule has 2 heterocycles. The normalized spacial score (nSPS) is 49.5. The van der Waals surface area contributed by atoms with Crippen LogP contribution in [0, 0.1) is 28.6 Å². The molecule has 0 radical (unpaired) electrons. The van der Waals surface area contributed by atoms with Crippen LogP contribution in [0.4, 0.5) is 0 Å². The molecule has 1 aromatic rings. The van der Waals surface area contributed by atoms with E-state index in [2.05, 4.69) is 19.9 Å². The minimum atomic E-state index is -0.718. The summed E-state index contributed by atoms with van der Waals surface area (Å²) in [6.07, 6.45) is 10.1. The van der Waals surface area contributed by atoms with Crippen LogP contribution in [0.15, 0.2) is 39.3 Å². The number of rotatable bonds is 3. The summed E-state index contributed by atoms with van der Waals surface area (Å²) in [5.74, 6) is 0.843.